The summed E-state index contributed by atoms with van der Waals surface area (Å²) in [6, 6.07) is 11.7. The van der Waals surface area contributed by atoms with E-state index >= 15 is 0 Å². The Morgan fingerprint density at radius 1 is 1.17 bits per heavy atom. The number of rotatable bonds is 5. The molecule has 4 rings (SSSR count). The number of nitrogens with zero attached hydrogens (tertiary/aromatic N) is 2. The van der Waals surface area contributed by atoms with Gasteiger partial charge in [0.25, 0.3) is 0 Å². The number of aromatic amines is 1. The number of carbonyl (C=O) groups is 1. The van der Waals surface area contributed by atoms with Gasteiger partial charge < -0.3 is 20.7 Å². The highest BCUT2D eigenvalue weighted by Gasteiger charge is 2.24. The summed E-state index contributed by atoms with van der Waals surface area (Å²) in [7, 11) is 0. The van der Waals surface area contributed by atoms with Gasteiger partial charge in [-0.05, 0) is 54.8 Å². The number of anilines is 1. The summed E-state index contributed by atoms with van der Waals surface area (Å²) < 4.78 is 13.0. The summed E-state index contributed by atoms with van der Waals surface area (Å²) in [5.41, 5.74) is 9.37. The Balaban J connectivity index is 1.61. The van der Waals surface area contributed by atoms with Crippen LogP contribution in [0, 0.1) is 5.82 Å². The molecule has 0 radical (unpaired) electrons. The van der Waals surface area contributed by atoms with Gasteiger partial charge >= 0.3 is 5.97 Å². The van der Waals surface area contributed by atoms with Gasteiger partial charge in [0.2, 0.25) is 0 Å². The molecule has 1 aliphatic rings. The molecule has 30 heavy (non-hydrogen) atoms. The van der Waals surface area contributed by atoms with Gasteiger partial charge in [0.1, 0.15) is 17.2 Å². The fourth-order valence-electron chi connectivity index (χ4n) is 3.60. The van der Waals surface area contributed by atoms with E-state index in [-0.39, 0.29) is 17.4 Å². The molecule has 7 heteroatoms. The Kier molecular flexibility index (Phi) is 5.63. The first kappa shape index (κ1) is 19.8. The maximum Gasteiger partial charge on any atom is 0.339 e. The molecule has 154 valence electrons. The molecule has 6 nitrogen and oxygen atoms in total. The van der Waals surface area contributed by atoms with Gasteiger partial charge in [-0.3, -0.25) is 4.98 Å². The molecule has 1 aliphatic heterocycles. The predicted octanol–water partition coefficient (Wildman–Crippen LogP) is 4.01. The fraction of sp³-hybridized carbons (Fsp3) is 0.217. The van der Waals surface area contributed by atoms with Crippen LogP contribution in [0.25, 0.3) is 23.4 Å². The highest BCUT2D eigenvalue weighted by molar-refractivity contribution is 5.96. The number of nitrogens with two attached hydrogens (primary N) is 1. The van der Waals surface area contributed by atoms with Crippen molar-refractivity contribution >= 4 is 23.9 Å². The second-order valence-electron chi connectivity index (χ2n) is 7.43. The molecule has 3 heterocycles. The van der Waals surface area contributed by atoms with Crippen LogP contribution in [0.3, 0.4) is 0 Å². The minimum Gasteiger partial charge on any atom is -0.478 e. The lowest BCUT2D eigenvalue weighted by Gasteiger charge is -2.31. The Hall–Kier alpha value is -3.45. The maximum atomic E-state index is 13.0. The molecule has 0 saturated carbocycles. The van der Waals surface area contributed by atoms with E-state index in [2.05, 4.69) is 9.97 Å². The number of aromatic carboxylic acids is 1. The number of H-pyrrole nitrogens is 1. The normalized spacial score (nSPS) is 15.1. The van der Waals surface area contributed by atoms with E-state index in [1.807, 2.05) is 29.2 Å². The van der Waals surface area contributed by atoms with Crippen LogP contribution in [-0.4, -0.2) is 40.2 Å². The van der Waals surface area contributed by atoms with Gasteiger partial charge in [0.15, 0.2) is 0 Å². The summed E-state index contributed by atoms with van der Waals surface area (Å²) in [4.78, 5) is 21.5. The first-order valence-electron chi connectivity index (χ1n) is 9.86. The zero-order valence-electron chi connectivity index (χ0n) is 16.4. The molecule has 0 aliphatic carbocycles. The van der Waals surface area contributed by atoms with Crippen molar-refractivity contribution in [2.24, 2.45) is 5.73 Å². The average molecular weight is 406 g/mol. The number of aromatic nitrogens is 2. The summed E-state index contributed by atoms with van der Waals surface area (Å²) in [6.45, 7) is 1.45. The first-order valence-corrected chi connectivity index (χ1v) is 9.86. The Morgan fingerprint density at radius 3 is 2.60 bits per heavy atom. The van der Waals surface area contributed by atoms with Crippen molar-refractivity contribution < 1.29 is 14.3 Å². The molecule has 0 bridgehead atoms. The number of benzene rings is 1. The van der Waals surface area contributed by atoms with Crippen LogP contribution in [0.4, 0.5) is 10.2 Å². The molecular formula is C23H23FN4O2. The number of pyridine rings is 1. The third-order valence-electron chi connectivity index (χ3n) is 5.29. The SMILES string of the molecule is NC1CCN(c2[nH]c(-c3ccnc(/C=C/c4ccc(F)cc4)c3)cc2C(=O)O)CC1. The second-order valence-corrected chi connectivity index (χ2v) is 7.43. The van der Waals surface area contributed by atoms with Crippen molar-refractivity contribution in [2.75, 3.05) is 18.0 Å². The monoisotopic (exact) mass is 406 g/mol. The van der Waals surface area contributed by atoms with Crippen LogP contribution < -0.4 is 10.6 Å². The molecule has 1 fully saturated rings. The van der Waals surface area contributed by atoms with Crippen molar-refractivity contribution in [2.45, 2.75) is 18.9 Å². The number of halogens is 1. The third-order valence-corrected chi connectivity index (χ3v) is 5.29. The number of nitrogens with one attached hydrogen (secondary N) is 1. The smallest absolute Gasteiger partial charge is 0.339 e. The molecule has 0 spiro atoms. The summed E-state index contributed by atoms with van der Waals surface area (Å²) in [5, 5.41) is 9.67. The highest BCUT2D eigenvalue weighted by atomic mass is 19.1. The molecule has 1 aromatic carbocycles. The topological polar surface area (TPSA) is 95.2 Å². The van der Waals surface area contributed by atoms with Gasteiger partial charge in [0.05, 0.1) is 5.69 Å². The fourth-order valence-corrected chi connectivity index (χ4v) is 3.60. The molecule has 3 aromatic rings. The lowest BCUT2D eigenvalue weighted by atomic mass is 10.1. The van der Waals surface area contributed by atoms with Gasteiger partial charge in [-0.2, -0.15) is 0 Å². The molecule has 0 amide bonds. The third kappa shape index (κ3) is 4.41. The Labute approximate surface area is 173 Å². The molecule has 2 aromatic heterocycles. The second kappa shape index (κ2) is 8.51. The van der Waals surface area contributed by atoms with Gasteiger partial charge in [-0.1, -0.05) is 18.2 Å². The van der Waals surface area contributed by atoms with Crippen LogP contribution in [-0.2, 0) is 0 Å². The molecule has 0 atom stereocenters. The largest absolute Gasteiger partial charge is 0.478 e. The lowest BCUT2D eigenvalue weighted by Crippen LogP contribution is -2.40. The quantitative estimate of drug-likeness (QED) is 0.595. The summed E-state index contributed by atoms with van der Waals surface area (Å²) in [5.74, 6) is -0.628. The van der Waals surface area contributed by atoms with E-state index in [9.17, 15) is 14.3 Å². The van der Waals surface area contributed by atoms with Gasteiger partial charge in [-0.25, -0.2) is 9.18 Å². The van der Waals surface area contributed by atoms with E-state index in [4.69, 9.17) is 5.73 Å². The summed E-state index contributed by atoms with van der Waals surface area (Å²) >= 11 is 0. The number of hydrogen-bond donors (Lipinski definition) is 3. The first-order chi connectivity index (χ1) is 14.5. The van der Waals surface area contributed by atoms with Crippen LogP contribution >= 0.6 is 0 Å². The van der Waals surface area contributed by atoms with Crippen LogP contribution in [0.15, 0.2) is 48.7 Å². The van der Waals surface area contributed by atoms with E-state index in [1.54, 1.807) is 24.4 Å². The number of hydrogen-bond acceptors (Lipinski definition) is 4. The number of piperidine rings is 1. The number of carboxylic acid groups (broad SMARTS) is 1. The summed E-state index contributed by atoms with van der Waals surface area (Å²) in [6.07, 6.45) is 7.04. The van der Waals surface area contributed by atoms with Crippen LogP contribution in [0.2, 0.25) is 0 Å². The predicted molar refractivity (Wildman–Crippen MR) is 116 cm³/mol. The Bertz CT molecular complexity index is 1070. The molecule has 4 N–H and O–H groups in total. The van der Waals surface area contributed by atoms with E-state index in [0.29, 0.717) is 11.5 Å². The zero-order valence-corrected chi connectivity index (χ0v) is 16.4. The van der Waals surface area contributed by atoms with E-state index < -0.39 is 5.97 Å². The van der Waals surface area contributed by atoms with Crippen LogP contribution in [0.5, 0.6) is 0 Å². The van der Waals surface area contributed by atoms with Gasteiger partial charge in [-0.15, -0.1) is 0 Å². The Morgan fingerprint density at radius 2 is 1.90 bits per heavy atom. The minimum absolute atomic E-state index is 0.166. The van der Waals surface area contributed by atoms with Crippen molar-refractivity contribution in [3.63, 3.8) is 0 Å². The molecule has 0 unspecified atom stereocenters. The molecular weight excluding hydrogens is 383 g/mol. The van der Waals surface area contributed by atoms with Gasteiger partial charge in [0, 0.05) is 36.6 Å². The standard InChI is InChI=1S/C23H23FN4O2/c24-17-4-1-15(2-5-17)3-6-19-13-16(7-10-26-19)21-14-20(23(29)30)22(27-21)28-11-8-18(25)9-12-28/h1-7,10,13-14,18,27H,8-9,11-12,25H2,(H,29,30)/b6-3+. The van der Waals surface area contributed by atoms with Crippen LogP contribution in [0.1, 0.15) is 34.5 Å². The highest BCUT2D eigenvalue weighted by Crippen LogP contribution is 2.30. The van der Waals surface area contributed by atoms with Crippen molar-refractivity contribution in [1.29, 1.82) is 0 Å². The molecule has 1 saturated heterocycles. The van der Waals surface area contributed by atoms with Crippen molar-refractivity contribution in [3.8, 4) is 11.3 Å². The average Bonchev–Trinajstić information content (AvgIpc) is 3.20. The number of carboxylic acids is 1. The van der Waals surface area contributed by atoms with E-state index in [1.165, 1.54) is 12.1 Å². The maximum absolute atomic E-state index is 13.0. The lowest BCUT2D eigenvalue weighted by molar-refractivity contribution is 0.0697. The van der Waals surface area contributed by atoms with Crippen molar-refractivity contribution in [3.05, 3.63) is 71.3 Å². The van der Waals surface area contributed by atoms with Crippen molar-refractivity contribution in [1.82, 2.24) is 9.97 Å². The zero-order chi connectivity index (χ0) is 21.1. The van der Waals surface area contributed by atoms with E-state index in [0.717, 1.165) is 42.8 Å². The minimum atomic E-state index is -0.965.